The summed E-state index contributed by atoms with van der Waals surface area (Å²) in [5.41, 5.74) is 0.341. The minimum absolute atomic E-state index is 0.0592. The number of hydrogen-bond acceptors (Lipinski definition) is 8. The van der Waals surface area contributed by atoms with Crippen LogP contribution in [0.4, 0.5) is 5.69 Å². The van der Waals surface area contributed by atoms with Crippen molar-refractivity contribution in [1.29, 1.82) is 0 Å². The maximum atomic E-state index is 14.7. The number of aliphatic hydroxyl groups is 1. The molecule has 0 bridgehead atoms. The molecule has 0 unspecified atom stereocenters. The Kier molecular flexibility index (Phi) is 9.76. The van der Waals surface area contributed by atoms with Crippen LogP contribution in [-0.4, -0.2) is 90.4 Å². The largest absolute Gasteiger partial charge is 0.455 e. The molecule has 12 heteroatoms. The molecular formula is C36H40ClN3O8. The number of methoxy groups -OCH3 is 1. The lowest BCUT2D eigenvalue weighted by Gasteiger charge is -2.38. The third kappa shape index (κ3) is 5.83. The van der Waals surface area contributed by atoms with E-state index in [1.807, 2.05) is 19.1 Å². The van der Waals surface area contributed by atoms with Gasteiger partial charge in [-0.05, 0) is 37.5 Å². The summed E-state index contributed by atoms with van der Waals surface area (Å²) in [6.07, 6.45) is 5.51. The molecule has 6 rings (SSSR count). The average Bonchev–Trinajstić information content (AvgIpc) is 3.47. The van der Waals surface area contributed by atoms with Gasteiger partial charge in [-0.2, -0.15) is 0 Å². The van der Waals surface area contributed by atoms with Crippen LogP contribution in [0.25, 0.3) is 0 Å². The number of esters is 1. The summed E-state index contributed by atoms with van der Waals surface area (Å²) in [7, 11) is 1.50. The van der Waals surface area contributed by atoms with Crippen LogP contribution in [0, 0.1) is 18.8 Å². The molecule has 3 amide bonds. The van der Waals surface area contributed by atoms with Gasteiger partial charge in [0.25, 0.3) is 5.91 Å². The van der Waals surface area contributed by atoms with Gasteiger partial charge in [0, 0.05) is 20.1 Å². The number of anilines is 1. The van der Waals surface area contributed by atoms with E-state index in [1.54, 1.807) is 67.6 Å². The van der Waals surface area contributed by atoms with Gasteiger partial charge in [-0.25, -0.2) is 0 Å². The van der Waals surface area contributed by atoms with E-state index in [2.05, 4.69) is 5.32 Å². The van der Waals surface area contributed by atoms with Crippen LogP contribution in [0.1, 0.15) is 37.0 Å². The van der Waals surface area contributed by atoms with Crippen LogP contribution in [0.2, 0.25) is 5.02 Å². The molecule has 2 aromatic carbocycles. The molecule has 48 heavy (non-hydrogen) atoms. The number of allylic oxidation sites excluding steroid dienone is 1. The summed E-state index contributed by atoms with van der Waals surface area (Å²) in [5.74, 6) is -4.20. The summed E-state index contributed by atoms with van der Waals surface area (Å²) in [6.45, 7) is 3.29. The highest BCUT2D eigenvalue weighted by Gasteiger charge is 2.72. The topological polar surface area (TPSA) is 135 Å². The van der Waals surface area contributed by atoms with E-state index in [1.165, 1.54) is 16.9 Å². The van der Waals surface area contributed by atoms with Gasteiger partial charge in [-0.1, -0.05) is 78.4 Å². The Balaban J connectivity index is 1.47. The third-order valence-electron chi connectivity index (χ3n) is 9.69. The van der Waals surface area contributed by atoms with Crippen molar-refractivity contribution in [3.05, 3.63) is 89.0 Å². The van der Waals surface area contributed by atoms with Gasteiger partial charge >= 0.3 is 5.97 Å². The fourth-order valence-electron chi connectivity index (χ4n) is 7.56. The molecule has 4 heterocycles. The number of nitrogens with one attached hydrogen (secondary N) is 1. The second kappa shape index (κ2) is 13.8. The van der Waals surface area contributed by atoms with E-state index in [0.29, 0.717) is 22.7 Å². The Morgan fingerprint density at radius 2 is 1.85 bits per heavy atom. The molecule has 2 N–H and O–H groups in total. The van der Waals surface area contributed by atoms with Gasteiger partial charge in [-0.3, -0.25) is 19.2 Å². The normalized spacial score (nSPS) is 31.9. The standard InChI is InChI=1S/C36H40ClN3O8/c1-21-11-9-14-24(37)30(21)39-18-10-17-36-29(33(43)40(22(2)19-41)32(36)34(39)44)28-26(48-36)15-7-8-16-27(42)38-25(20-46-3)31(47-35(28)45)23-12-5-4-6-13-23/h4-7,9-15,17,22,25-26,28-29,31-32,41H,8,16,18-20H2,1-3H3,(H,38,42)/b15-7-/t22-,25+,26+,28-,29-,31+,32+,36-/m1/s1. The van der Waals surface area contributed by atoms with Crippen LogP contribution < -0.4 is 10.2 Å². The molecule has 4 aliphatic rings. The number of aryl methyl sites for hydroxylation is 1. The van der Waals surface area contributed by atoms with Crippen LogP contribution in [0.5, 0.6) is 0 Å². The summed E-state index contributed by atoms with van der Waals surface area (Å²) >= 11 is 6.63. The number of rotatable bonds is 6. The SMILES string of the molecule is COC[C@@H]1NC(=O)CC/C=C\[C@@H]2O[C@@]34C=CCN(c5c(C)cccc5Cl)C(=O)[C@@H]3N([C@H](C)CO)C(=O)[C@H]4[C@@H]2C(=O)O[C@H]1c1ccccc1. The van der Waals surface area contributed by atoms with Crippen molar-refractivity contribution in [2.24, 2.45) is 11.8 Å². The number of halogens is 1. The van der Waals surface area contributed by atoms with Gasteiger partial charge < -0.3 is 34.4 Å². The lowest BCUT2D eigenvalue weighted by Crippen LogP contribution is -2.57. The summed E-state index contributed by atoms with van der Waals surface area (Å²) in [6, 6.07) is 11.7. The lowest BCUT2D eigenvalue weighted by molar-refractivity contribution is -0.162. The molecule has 1 spiro atoms. The van der Waals surface area contributed by atoms with Crippen molar-refractivity contribution < 1.29 is 38.5 Å². The minimum Gasteiger partial charge on any atom is -0.455 e. The minimum atomic E-state index is -1.57. The molecule has 2 fully saturated rings. The fraction of sp³-hybridized carbons (Fsp3) is 0.444. The smallest absolute Gasteiger partial charge is 0.313 e. The molecule has 0 radical (unpaired) electrons. The van der Waals surface area contributed by atoms with E-state index in [-0.39, 0.29) is 25.5 Å². The molecule has 11 nitrogen and oxygen atoms in total. The highest BCUT2D eigenvalue weighted by Crippen LogP contribution is 2.54. The van der Waals surface area contributed by atoms with Gasteiger partial charge in [0.05, 0.1) is 48.0 Å². The van der Waals surface area contributed by atoms with Crippen LogP contribution >= 0.6 is 11.6 Å². The van der Waals surface area contributed by atoms with Gasteiger partial charge in [-0.15, -0.1) is 0 Å². The predicted molar refractivity (Wildman–Crippen MR) is 177 cm³/mol. The van der Waals surface area contributed by atoms with Crippen molar-refractivity contribution in [2.45, 2.75) is 62.6 Å². The first-order chi connectivity index (χ1) is 23.1. The van der Waals surface area contributed by atoms with Crippen molar-refractivity contribution >= 4 is 41.0 Å². The number of ether oxygens (including phenoxy) is 3. The molecule has 4 aliphatic heterocycles. The van der Waals surface area contributed by atoms with Gasteiger partial charge in [0.15, 0.2) is 0 Å². The van der Waals surface area contributed by atoms with Crippen molar-refractivity contribution in [1.82, 2.24) is 10.2 Å². The highest BCUT2D eigenvalue weighted by molar-refractivity contribution is 6.34. The first-order valence-electron chi connectivity index (χ1n) is 16.2. The molecule has 0 aliphatic carbocycles. The molecular weight excluding hydrogens is 638 g/mol. The quantitative estimate of drug-likeness (QED) is 0.352. The Bertz CT molecular complexity index is 1610. The maximum absolute atomic E-state index is 14.7. The number of aliphatic hydroxyl groups excluding tert-OH is 1. The molecule has 254 valence electrons. The lowest BCUT2D eigenvalue weighted by atomic mass is 9.77. The van der Waals surface area contributed by atoms with E-state index in [4.69, 9.17) is 25.8 Å². The zero-order valence-electron chi connectivity index (χ0n) is 27.1. The van der Waals surface area contributed by atoms with E-state index < -0.39 is 72.2 Å². The van der Waals surface area contributed by atoms with Crippen LogP contribution in [0.15, 0.2) is 72.8 Å². The Labute approximate surface area is 284 Å². The van der Waals surface area contributed by atoms with Gasteiger partial charge in [0.2, 0.25) is 11.8 Å². The molecule has 0 aromatic heterocycles. The van der Waals surface area contributed by atoms with Gasteiger partial charge in [0.1, 0.15) is 23.7 Å². The second-order valence-electron chi connectivity index (χ2n) is 12.7. The van der Waals surface area contributed by atoms with Crippen LogP contribution in [0.3, 0.4) is 0 Å². The Hall–Kier alpha value is -4.03. The maximum Gasteiger partial charge on any atom is 0.313 e. The molecule has 2 aromatic rings. The summed E-state index contributed by atoms with van der Waals surface area (Å²) in [4.78, 5) is 59.7. The third-order valence-corrected chi connectivity index (χ3v) is 10.00. The van der Waals surface area contributed by atoms with E-state index in [0.717, 1.165) is 5.56 Å². The zero-order valence-corrected chi connectivity index (χ0v) is 27.8. The molecule has 0 saturated carbocycles. The number of para-hydroxylation sites is 1. The van der Waals surface area contributed by atoms with Crippen molar-refractivity contribution in [3.63, 3.8) is 0 Å². The second-order valence-corrected chi connectivity index (χ2v) is 13.1. The van der Waals surface area contributed by atoms with E-state index >= 15 is 0 Å². The van der Waals surface area contributed by atoms with Crippen molar-refractivity contribution in [3.8, 4) is 0 Å². The number of benzene rings is 2. The predicted octanol–water partition coefficient (Wildman–Crippen LogP) is 3.28. The number of fused-ring (bicyclic) bond motifs is 2. The number of nitrogens with zero attached hydrogens (tertiary/aromatic N) is 2. The zero-order chi connectivity index (χ0) is 34.2. The molecule has 2 saturated heterocycles. The number of likely N-dealkylation sites (tertiary alicyclic amines) is 1. The number of hydrogen-bond donors (Lipinski definition) is 2. The first-order valence-corrected chi connectivity index (χ1v) is 16.6. The number of carbonyl (C=O) groups excluding carboxylic acids is 4. The molecule has 8 atom stereocenters. The summed E-state index contributed by atoms with van der Waals surface area (Å²) in [5, 5.41) is 13.6. The highest BCUT2D eigenvalue weighted by atomic mass is 35.5. The fourth-order valence-corrected chi connectivity index (χ4v) is 7.88. The van der Waals surface area contributed by atoms with Crippen LogP contribution in [-0.2, 0) is 33.4 Å². The van der Waals surface area contributed by atoms with E-state index in [9.17, 15) is 24.3 Å². The van der Waals surface area contributed by atoms with Crippen molar-refractivity contribution in [2.75, 3.05) is 31.8 Å². The Morgan fingerprint density at radius 3 is 2.56 bits per heavy atom. The monoisotopic (exact) mass is 677 g/mol. The first kappa shape index (κ1) is 33.9. The number of carbonyl (C=O) groups is 4. The number of amides is 3. The number of cyclic esters (lactones) is 1. The summed E-state index contributed by atoms with van der Waals surface area (Å²) < 4.78 is 18.5. The Morgan fingerprint density at radius 1 is 1.08 bits per heavy atom. The average molecular weight is 678 g/mol.